The summed E-state index contributed by atoms with van der Waals surface area (Å²) in [5.41, 5.74) is 0.360. The SMILES string of the molecule is C=CC(=O)OC[C@H](C)COc1ccc(OCOc2ccc(OC(=O)c3ccc(OC[C@@H](C)COC(=O)C=C)cc3)cc2)cc1. The molecule has 0 N–H and O–H groups in total. The molecule has 0 aromatic heterocycles. The summed E-state index contributed by atoms with van der Waals surface area (Å²) in [6, 6.07) is 20.2. The summed E-state index contributed by atoms with van der Waals surface area (Å²) in [5, 5.41) is 0. The van der Waals surface area contributed by atoms with Gasteiger partial charge in [0.05, 0.1) is 32.0 Å². The Labute approximate surface area is 256 Å². The Kier molecular flexibility index (Phi) is 13.3. The smallest absolute Gasteiger partial charge is 0.343 e. The molecule has 10 heteroatoms. The summed E-state index contributed by atoms with van der Waals surface area (Å²) in [4.78, 5) is 34.8. The first-order valence-electron chi connectivity index (χ1n) is 13.9. The molecule has 0 bridgehead atoms. The van der Waals surface area contributed by atoms with Crippen LogP contribution in [0.3, 0.4) is 0 Å². The third kappa shape index (κ3) is 11.9. The van der Waals surface area contributed by atoms with Gasteiger partial charge in [-0.15, -0.1) is 0 Å². The fraction of sp³-hybridized carbons (Fsp3) is 0.265. The second-order valence-electron chi connectivity index (χ2n) is 9.76. The molecule has 232 valence electrons. The number of rotatable bonds is 18. The average molecular weight is 605 g/mol. The van der Waals surface area contributed by atoms with E-state index in [1.54, 1.807) is 72.8 Å². The summed E-state index contributed by atoms with van der Waals surface area (Å²) in [6.07, 6.45) is 2.24. The number of benzene rings is 3. The summed E-state index contributed by atoms with van der Waals surface area (Å²) in [6.45, 7) is 11.7. The van der Waals surface area contributed by atoms with Crippen molar-refractivity contribution in [2.24, 2.45) is 11.8 Å². The molecular weight excluding hydrogens is 568 g/mol. The van der Waals surface area contributed by atoms with Gasteiger partial charge >= 0.3 is 17.9 Å². The fourth-order valence-electron chi connectivity index (χ4n) is 3.39. The van der Waals surface area contributed by atoms with Gasteiger partial charge in [0.15, 0.2) is 0 Å². The van der Waals surface area contributed by atoms with Crippen LogP contribution in [-0.4, -0.2) is 51.1 Å². The number of carbonyl (C=O) groups is 3. The van der Waals surface area contributed by atoms with Crippen LogP contribution in [0.2, 0.25) is 0 Å². The van der Waals surface area contributed by atoms with E-state index >= 15 is 0 Å². The number of carbonyl (C=O) groups excluding carboxylic acids is 3. The normalized spacial score (nSPS) is 11.7. The monoisotopic (exact) mass is 604 g/mol. The van der Waals surface area contributed by atoms with Gasteiger partial charge in [0, 0.05) is 24.0 Å². The van der Waals surface area contributed by atoms with Crippen LogP contribution in [0.15, 0.2) is 98.1 Å². The number of hydrogen-bond acceptors (Lipinski definition) is 10. The largest absolute Gasteiger partial charge is 0.493 e. The molecule has 0 aliphatic rings. The highest BCUT2D eigenvalue weighted by Gasteiger charge is 2.11. The maximum absolute atomic E-state index is 12.5. The fourth-order valence-corrected chi connectivity index (χ4v) is 3.39. The van der Waals surface area contributed by atoms with E-state index in [9.17, 15) is 14.4 Å². The van der Waals surface area contributed by atoms with Crippen molar-refractivity contribution in [3.63, 3.8) is 0 Å². The van der Waals surface area contributed by atoms with Gasteiger partial charge in [-0.05, 0) is 72.8 Å². The quantitative estimate of drug-likeness (QED) is 0.0762. The van der Waals surface area contributed by atoms with E-state index in [0.717, 1.165) is 12.2 Å². The summed E-state index contributed by atoms with van der Waals surface area (Å²) in [5.74, 6) is 1.27. The van der Waals surface area contributed by atoms with Crippen LogP contribution in [0.4, 0.5) is 0 Å². The maximum atomic E-state index is 12.5. The minimum absolute atomic E-state index is 0.0156. The Bertz CT molecular complexity index is 1360. The third-order valence-corrected chi connectivity index (χ3v) is 5.82. The van der Waals surface area contributed by atoms with Crippen molar-refractivity contribution in [2.45, 2.75) is 13.8 Å². The number of esters is 3. The molecule has 0 saturated heterocycles. The van der Waals surface area contributed by atoms with Gasteiger partial charge < -0.3 is 33.2 Å². The molecule has 0 amide bonds. The minimum atomic E-state index is -0.517. The number of ether oxygens (including phenoxy) is 7. The van der Waals surface area contributed by atoms with Gasteiger partial charge in [-0.1, -0.05) is 27.0 Å². The van der Waals surface area contributed by atoms with Crippen LogP contribution in [0.5, 0.6) is 28.7 Å². The summed E-state index contributed by atoms with van der Waals surface area (Å²) in [7, 11) is 0. The molecule has 0 aliphatic carbocycles. The van der Waals surface area contributed by atoms with Gasteiger partial charge in [-0.2, -0.15) is 0 Å². The Hall–Kier alpha value is -5.25. The zero-order chi connectivity index (χ0) is 31.7. The van der Waals surface area contributed by atoms with E-state index < -0.39 is 17.9 Å². The summed E-state index contributed by atoms with van der Waals surface area (Å²) < 4.78 is 38.1. The van der Waals surface area contributed by atoms with Gasteiger partial charge in [0.1, 0.15) is 28.7 Å². The van der Waals surface area contributed by atoms with Crippen molar-refractivity contribution in [3.05, 3.63) is 104 Å². The van der Waals surface area contributed by atoms with Gasteiger partial charge in [0.25, 0.3) is 0 Å². The molecule has 3 aromatic carbocycles. The average Bonchev–Trinajstić information content (AvgIpc) is 3.05. The molecule has 0 radical (unpaired) electrons. The Morgan fingerprint density at radius 3 is 1.34 bits per heavy atom. The Morgan fingerprint density at radius 1 is 0.568 bits per heavy atom. The van der Waals surface area contributed by atoms with E-state index in [4.69, 9.17) is 33.2 Å². The van der Waals surface area contributed by atoms with Crippen molar-refractivity contribution in [1.82, 2.24) is 0 Å². The van der Waals surface area contributed by atoms with Crippen molar-refractivity contribution >= 4 is 17.9 Å². The van der Waals surface area contributed by atoms with E-state index in [1.807, 2.05) is 13.8 Å². The van der Waals surface area contributed by atoms with Gasteiger partial charge in [-0.25, -0.2) is 14.4 Å². The van der Waals surface area contributed by atoms with Crippen molar-refractivity contribution in [1.29, 1.82) is 0 Å². The van der Waals surface area contributed by atoms with E-state index in [2.05, 4.69) is 13.2 Å². The van der Waals surface area contributed by atoms with Crippen LogP contribution >= 0.6 is 0 Å². The molecule has 0 heterocycles. The second-order valence-corrected chi connectivity index (χ2v) is 9.76. The lowest BCUT2D eigenvalue weighted by molar-refractivity contribution is -0.140. The van der Waals surface area contributed by atoms with Crippen molar-refractivity contribution in [2.75, 3.05) is 33.2 Å². The van der Waals surface area contributed by atoms with Crippen LogP contribution in [0.25, 0.3) is 0 Å². The topological polar surface area (TPSA) is 116 Å². The van der Waals surface area contributed by atoms with E-state index in [-0.39, 0.29) is 31.8 Å². The maximum Gasteiger partial charge on any atom is 0.343 e. The highest BCUT2D eigenvalue weighted by molar-refractivity contribution is 5.91. The molecule has 0 saturated carbocycles. The molecule has 3 rings (SSSR count). The zero-order valence-corrected chi connectivity index (χ0v) is 24.8. The zero-order valence-electron chi connectivity index (χ0n) is 24.8. The standard InChI is InChI=1S/C34H36O10/c1-5-32(35)40-21-24(3)19-38-27-9-7-26(8-10-27)34(37)44-31-17-15-30(16-18-31)43-23-42-29-13-11-28(12-14-29)39-20-25(4)22-41-33(36)6-2/h5-18,24-25H,1-2,19-23H2,3-4H3/t24-,25-/m1/s1. The van der Waals surface area contributed by atoms with E-state index in [0.29, 0.717) is 47.5 Å². The molecule has 2 atom stereocenters. The molecular formula is C34H36O10. The van der Waals surface area contributed by atoms with Crippen LogP contribution in [-0.2, 0) is 19.1 Å². The highest BCUT2D eigenvalue weighted by atomic mass is 16.7. The van der Waals surface area contributed by atoms with Gasteiger partial charge in [-0.3, -0.25) is 0 Å². The first-order chi connectivity index (χ1) is 21.2. The summed E-state index contributed by atoms with van der Waals surface area (Å²) >= 11 is 0. The second kappa shape index (κ2) is 17.6. The predicted octanol–water partition coefficient (Wildman–Crippen LogP) is 5.81. The third-order valence-electron chi connectivity index (χ3n) is 5.82. The lowest BCUT2D eigenvalue weighted by Crippen LogP contribution is -2.17. The first kappa shape index (κ1) is 33.3. The molecule has 0 unspecified atom stereocenters. The van der Waals surface area contributed by atoms with Crippen LogP contribution in [0.1, 0.15) is 24.2 Å². The van der Waals surface area contributed by atoms with Crippen LogP contribution < -0.4 is 23.7 Å². The Balaban J connectivity index is 1.36. The lowest BCUT2D eigenvalue weighted by atomic mass is 10.2. The lowest BCUT2D eigenvalue weighted by Gasteiger charge is -2.13. The molecule has 0 aliphatic heterocycles. The molecule has 10 nitrogen and oxygen atoms in total. The predicted molar refractivity (Wildman–Crippen MR) is 162 cm³/mol. The minimum Gasteiger partial charge on any atom is -0.493 e. The molecule has 0 spiro atoms. The molecule has 44 heavy (non-hydrogen) atoms. The first-order valence-corrected chi connectivity index (χ1v) is 13.9. The number of hydrogen-bond donors (Lipinski definition) is 0. The van der Waals surface area contributed by atoms with Crippen LogP contribution in [0, 0.1) is 11.8 Å². The highest BCUT2D eigenvalue weighted by Crippen LogP contribution is 2.22. The molecule has 3 aromatic rings. The Morgan fingerprint density at radius 2 is 0.932 bits per heavy atom. The molecule has 0 fully saturated rings. The van der Waals surface area contributed by atoms with Crippen molar-refractivity contribution < 1.29 is 47.5 Å². The van der Waals surface area contributed by atoms with E-state index in [1.165, 1.54) is 0 Å². The van der Waals surface area contributed by atoms with Crippen molar-refractivity contribution in [3.8, 4) is 28.7 Å². The van der Waals surface area contributed by atoms with Gasteiger partial charge in [0.2, 0.25) is 6.79 Å².